The van der Waals surface area contributed by atoms with Gasteiger partial charge in [-0.3, -0.25) is 4.79 Å². The molecule has 0 saturated carbocycles. The molecule has 1 aromatic heterocycles. The lowest BCUT2D eigenvalue weighted by atomic mass is 10.1. The number of H-pyrrole nitrogens is 1. The molecule has 0 aliphatic rings. The van der Waals surface area contributed by atoms with Crippen molar-refractivity contribution in [3.05, 3.63) is 77.0 Å². The van der Waals surface area contributed by atoms with Crippen LogP contribution in [0.3, 0.4) is 0 Å². The molecule has 19 heavy (non-hydrogen) atoms. The molecule has 2 nitrogen and oxygen atoms in total. The van der Waals surface area contributed by atoms with Crippen molar-refractivity contribution in [2.24, 2.45) is 0 Å². The Morgan fingerprint density at radius 1 is 1.00 bits per heavy atom. The lowest BCUT2D eigenvalue weighted by Gasteiger charge is -2.05. The number of hydrogen-bond acceptors (Lipinski definition) is 1. The Kier molecular flexibility index (Phi) is 2.76. The Labute approximate surface area is 111 Å². The van der Waals surface area contributed by atoms with E-state index in [1.54, 1.807) is 12.1 Å². The molecule has 0 fully saturated rings. The van der Waals surface area contributed by atoms with E-state index < -0.39 is 0 Å². The minimum absolute atomic E-state index is 0.0308. The number of aromatic nitrogens is 1. The first kappa shape index (κ1) is 11.5. The summed E-state index contributed by atoms with van der Waals surface area (Å²) in [6.45, 7) is 3.75. The van der Waals surface area contributed by atoms with Gasteiger partial charge in [0.15, 0.2) is 5.43 Å². The maximum Gasteiger partial charge on any atom is 0.190 e. The van der Waals surface area contributed by atoms with Crippen molar-refractivity contribution < 1.29 is 0 Å². The lowest BCUT2D eigenvalue weighted by molar-refractivity contribution is 1.38. The van der Waals surface area contributed by atoms with E-state index in [9.17, 15) is 4.79 Å². The smallest absolute Gasteiger partial charge is 0.190 e. The summed E-state index contributed by atoms with van der Waals surface area (Å²) in [6.07, 6.45) is 1.77. The molecule has 0 unspecified atom stereocenters. The van der Waals surface area contributed by atoms with E-state index in [1.807, 2.05) is 48.5 Å². The molecule has 0 bridgehead atoms. The van der Waals surface area contributed by atoms with Gasteiger partial charge >= 0.3 is 0 Å². The molecule has 0 aliphatic carbocycles. The zero-order valence-corrected chi connectivity index (χ0v) is 10.4. The summed E-state index contributed by atoms with van der Waals surface area (Å²) >= 11 is 0. The predicted molar refractivity (Wildman–Crippen MR) is 80.1 cm³/mol. The molecule has 2 heteroatoms. The molecule has 0 radical (unpaired) electrons. The summed E-state index contributed by atoms with van der Waals surface area (Å²) in [6, 6.07) is 17.1. The highest BCUT2D eigenvalue weighted by molar-refractivity contribution is 5.83. The van der Waals surface area contributed by atoms with Crippen LogP contribution in [0.1, 0.15) is 5.56 Å². The van der Waals surface area contributed by atoms with Crippen molar-refractivity contribution >= 4 is 17.0 Å². The maximum absolute atomic E-state index is 12.1. The van der Waals surface area contributed by atoms with Gasteiger partial charge in [-0.1, -0.05) is 49.1 Å². The van der Waals surface area contributed by atoms with Crippen LogP contribution in [0.4, 0.5) is 0 Å². The molecule has 0 amide bonds. The Bertz CT molecular complexity index is 800. The second-order valence-electron chi connectivity index (χ2n) is 4.42. The van der Waals surface area contributed by atoms with Crippen molar-refractivity contribution in [1.29, 1.82) is 0 Å². The third-order valence-electron chi connectivity index (χ3n) is 3.17. The summed E-state index contributed by atoms with van der Waals surface area (Å²) in [7, 11) is 0. The van der Waals surface area contributed by atoms with Gasteiger partial charge in [-0.25, -0.2) is 0 Å². The first-order valence-corrected chi connectivity index (χ1v) is 6.13. The van der Waals surface area contributed by atoms with E-state index in [1.165, 1.54) is 0 Å². The van der Waals surface area contributed by atoms with Gasteiger partial charge < -0.3 is 4.98 Å². The Balaban J connectivity index is 2.29. The average Bonchev–Trinajstić information content (AvgIpc) is 2.47. The summed E-state index contributed by atoms with van der Waals surface area (Å²) in [5.41, 5.74) is 3.70. The zero-order valence-electron chi connectivity index (χ0n) is 10.4. The van der Waals surface area contributed by atoms with Crippen molar-refractivity contribution in [3.63, 3.8) is 0 Å². The van der Waals surface area contributed by atoms with Gasteiger partial charge in [-0.2, -0.15) is 0 Å². The number of benzene rings is 2. The Morgan fingerprint density at radius 2 is 1.79 bits per heavy atom. The standard InChI is InChI=1S/C17H13NO/c1-2-12-8-9-14-16(10-12)18-15(11-17(14)19)13-6-4-3-5-7-13/h2-11H,1H2,(H,18,19). The first-order chi connectivity index (χ1) is 9.28. The fourth-order valence-corrected chi connectivity index (χ4v) is 2.17. The van der Waals surface area contributed by atoms with E-state index in [-0.39, 0.29) is 5.43 Å². The second kappa shape index (κ2) is 4.58. The van der Waals surface area contributed by atoms with Crippen LogP contribution in [0.5, 0.6) is 0 Å². The molecular weight excluding hydrogens is 234 g/mol. The van der Waals surface area contributed by atoms with Crippen LogP contribution in [0, 0.1) is 0 Å². The molecule has 3 rings (SSSR count). The highest BCUT2D eigenvalue weighted by Gasteiger charge is 2.04. The molecule has 1 N–H and O–H groups in total. The summed E-state index contributed by atoms with van der Waals surface area (Å²) in [4.78, 5) is 15.4. The second-order valence-corrected chi connectivity index (χ2v) is 4.42. The topological polar surface area (TPSA) is 32.9 Å². The van der Waals surface area contributed by atoms with E-state index in [0.29, 0.717) is 5.39 Å². The SMILES string of the molecule is C=Cc1ccc2c(=O)cc(-c3ccccc3)[nH]c2c1. The minimum Gasteiger partial charge on any atom is -0.354 e. The number of nitrogens with one attached hydrogen (secondary N) is 1. The van der Waals surface area contributed by atoms with Crippen LogP contribution in [0.15, 0.2) is 66.0 Å². The number of pyridine rings is 1. The van der Waals surface area contributed by atoms with Crippen LogP contribution in [-0.2, 0) is 0 Å². The molecular formula is C17H13NO. The molecule has 1 heterocycles. The van der Waals surface area contributed by atoms with Gasteiger partial charge in [-0.15, -0.1) is 0 Å². The van der Waals surface area contributed by atoms with Crippen LogP contribution in [0.25, 0.3) is 28.2 Å². The molecule has 0 spiro atoms. The summed E-state index contributed by atoms with van der Waals surface area (Å²) in [5, 5.41) is 0.699. The number of hydrogen-bond donors (Lipinski definition) is 1. The molecule has 0 atom stereocenters. The highest BCUT2D eigenvalue weighted by Crippen LogP contribution is 2.19. The van der Waals surface area contributed by atoms with Gasteiger partial charge in [0.2, 0.25) is 0 Å². The van der Waals surface area contributed by atoms with Crippen molar-refractivity contribution in [3.8, 4) is 11.3 Å². The number of fused-ring (bicyclic) bond motifs is 1. The van der Waals surface area contributed by atoms with Crippen LogP contribution in [-0.4, -0.2) is 4.98 Å². The number of aromatic amines is 1. The quantitative estimate of drug-likeness (QED) is 0.733. The minimum atomic E-state index is 0.0308. The number of rotatable bonds is 2. The van der Waals surface area contributed by atoms with Crippen LogP contribution < -0.4 is 5.43 Å². The maximum atomic E-state index is 12.1. The zero-order chi connectivity index (χ0) is 13.2. The fraction of sp³-hybridized carbons (Fsp3) is 0. The Morgan fingerprint density at radius 3 is 2.53 bits per heavy atom. The van der Waals surface area contributed by atoms with Gasteiger partial charge in [-0.05, 0) is 23.3 Å². The lowest BCUT2D eigenvalue weighted by Crippen LogP contribution is -2.02. The fourth-order valence-electron chi connectivity index (χ4n) is 2.17. The van der Waals surface area contributed by atoms with Crippen molar-refractivity contribution in [1.82, 2.24) is 4.98 Å². The summed E-state index contributed by atoms with van der Waals surface area (Å²) in [5.74, 6) is 0. The van der Waals surface area contributed by atoms with E-state index >= 15 is 0 Å². The van der Waals surface area contributed by atoms with Gasteiger partial charge in [0.1, 0.15) is 0 Å². The van der Waals surface area contributed by atoms with E-state index in [2.05, 4.69) is 11.6 Å². The monoisotopic (exact) mass is 247 g/mol. The van der Waals surface area contributed by atoms with Gasteiger partial charge in [0, 0.05) is 17.1 Å². The average molecular weight is 247 g/mol. The van der Waals surface area contributed by atoms with Crippen LogP contribution in [0.2, 0.25) is 0 Å². The third-order valence-corrected chi connectivity index (χ3v) is 3.17. The molecule has 92 valence electrons. The predicted octanol–water partition coefficient (Wildman–Crippen LogP) is 3.84. The van der Waals surface area contributed by atoms with E-state index in [0.717, 1.165) is 22.3 Å². The summed E-state index contributed by atoms with van der Waals surface area (Å²) < 4.78 is 0. The van der Waals surface area contributed by atoms with Crippen LogP contribution >= 0.6 is 0 Å². The molecule has 0 aliphatic heterocycles. The van der Waals surface area contributed by atoms with E-state index in [4.69, 9.17) is 0 Å². The highest BCUT2D eigenvalue weighted by atomic mass is 16.1. The first-order valence-electron chi connectivity index (χ1n) is 6.13. The molecule has 2 aromatic carbocycles. The normalized spacial score (nSPS) is 10.5. The molecule has 0 saturated heterocycles. The Hall–Kier alpha value is -2.61. The van der Waals surface area contributed by atoms with Gasteiger partial charge in [0.05, 0.1) is 5.52 Å². The van der Waals surface area contributed by atoms with Crippen molar-refractivity contribution in [2.45, 2.75) is 0 Å². The molecule has 3 aromatic rings. The van der Waals surface area contributed by atoms with Crippen molar-refractivity contribution in [2.75, 3.05) is 0 Å². The largest absolute Gasteiger partial charge is 0.354 e. The van der Waals surface area contributed by atoms with Gasteiger partial charge in [0.25, 0.3) is 0 Å². The third kappa shape index (κ3) is 2.08.